The third-order valence-corrected chi connectivity index (χ3v) is 12.8. The first-order chi connectivity index (χ1) is 31.9. The number of carbonyl (C=O) groups is 4. The molecule has 3 atom stereocenters. The van der Waals surface area contributed by atoms with Gasteiger partial charge in [0.1, 0.15) is 24.4 Å². The van der Waals surface area contributed by atoms with Crippen LogP contribution in [0.5, 0.6) is 5.75 Å². The first-order valence-electron chi connectivity index (χ1n) is 22.9. The molecule has 5 aromatic rings. The Balaban J connectivity index is 0.886. The number of likely N-dealkylation sites (tertiary alicyclic amines) is 1. The number of rotatable bonds is 22. The van der Waals surface area contributed by atoms with Crippen LogP contribution in [0.4, 0.5) is 0 Å². The molecule has 66 heavy (non-hydrogen) atoms. The molecule has 1 aliphatic heterocycles. The zero-order valence-corrected chi connectivity index (χ0v) is 39.5. The first kappa shape index (κ1) is 49.3. The summed E-state index contributed by atoms with van der Waals surface area (Å²) < 4.78 is 11.7. The number of aryl methyl sites for hydroxylation is 1. The van der Waals surface area contributed by atoms with Crippen molar-refractivity contribution in [2.75, 3.05) is 40.0 Å². The molecule has 13 heteroatoms. The molecule has 1 fully saturated rings. The fourth-order valence-corrected chi connectivity index (χ4v) is 8.93. The summed E-state index contributed by atoms with van der Waals surface area (Å²) in [7, 11) is 1.75. The average molecular weight is 914 g/mol. The summed E-state index contributed by atoms with van der Waals surface area (Å²) in [4.78, 5) is 61.4. The van der Waals surface area contributed by atoms with Gasteiger partial charge in [-0.15, -0.1) is 11.3 Å². The minimum absolute atomic E-state index is 0.000750. The van der Waals surface area contributed by atoms with E-state index in [1.165, 1.54) is 21.6 Å². The van der Waals surface area contributed by atoms with Crippen LogP contribution in [0.1, 0.15) is 80.8 Å². The second kappa shape index (κ2) is 24.4. The number of ether oxygens (including phenoxy) is 2. The molecule has 0 unspecified atom stereocenters. The summed E-state index contributed by atoms with van der Waals surface area (Å²) in [6.07, 6.45) is 0.922. The van der Waals surface area contributed by atoms with Crippen molar-refractivity contribution in [1.82, 2.24) is 25.4 Å². The van der Waals surface area contributed by atoms with Crippen LogP contribution in [0.2, 0.25) is 0 Å². The SMILES string of the molecule is CC/C(=C(\c1ccccc1)c1ccc(OCCN(C)C(=O)CCCOCCC(=O)N[C@H](C(=O)N2C[C@H](O)C[C@H]2C(=O)NCc2ccc(-c3scnc3C)cc2)C(C)C)cc1)c1ccccc1. The van der Waals surface area contributed by atoms with Crippen molar-refractivity contribution < 1.29 is 33.8 Å². The quantitative estimate of drug-likeness (QED) is 0.0468. The molecule has 0 saturated carbocycles. The van der Waals surface area contributed by atoms with Gasteiger partial charge in [-0.2, -0.15) is 0 Å². The van der Waals surface area contributed by atoms with Gasteiger partial charge >= 0.3 is 0 Å². The maximum absolute atomic E-state index is 13.8. The molecule has 0 radical (unpaired) electrons. The van der Waals surface area contributed by atoms with Crippen molar-refractivity contribution >= 4 is 46.1 Å². The van der Waals surface area contributed by atoms with Gasteiger partial charge in [0, 0.05) is 46.0 Å². The highest BCUT2D eigenvalue weighted by Crippen LogP contribution is 2.35. The predicted octanol–water partition coefficient (Wildman–Crippen LogP) is 7.93. The third kappa shape index (κ3) is 13.5. The summed E-state index contributed by atoms with van der Waals surface area (Å²) >= 11 is 1.57. The first-order valence-corrected chi connectivity index (χ1v) is 23.7. The second-order valence-electron chi connectivity index (χ2n) is 17.0. The zero-order valence-electron chi connectivity index (χ0n) is 38.7. The highest BCUT2D eigenvalue weighted by atomic mass is 32.1. The van der Waals surface area contributed by atoms with Crippen molar-refractivity contribution in [1.29, 1.82) is 0 Å². The Morgan fingerprint density at radius 2 is 1.53 bits per heavy atom. The van der Waals surface area contributed by atoms with Gasteiger partial charge in [0.05, 0.1) is 35.3 Å². The van der Waals surface area contributed by atoms with E-state index in [-0.39, 0.29) is 62.6 Å². The third-order valence-electron chi connectivity index (χ3n) is 11.8. The van der Waals surface area contributed by atoms with Crippen LogP contribution in [0.15, 0.2) is 115 Å². The number of likely N-dealkylation sites (N-methyl/N-ethyl adjacent to an activating group) is 1. The van der Waals surface area contributed by atoms with Crippen LogP contribution in [0.3, 0.4) is 0 Å². The Hall–Kier alpha value is -6.15. The van der Waals surface area contributed by atoms with Crippen molar-refractivity contribution in [2.45, 2.75) is 84.5 Å². The maximum atomic E-state index is 13.8. The largest absolute Gasteiger partial charge is 0.492 e. The lowest BCUT2D eigenvalue weighted by Crippen LogP contribution is -2.55. The standard InChI is InChI=1S/C53H63N5O7S/c1-6-45(39-14-9-7-10-15-39)49(40-16-11-8-12-17-40)41-23-25-44(26-24-41)65-31-28-57(5)48(61)18-13-29-64-30-27-47(60)56-50(36(2)3)53(63)58-34-43(59)32-46(58)52(62)54-33-38-19-21-42(22-20-38)51-37(4)55-35-66-51/h7-12,14-17,19-26,35-36,43,46,50,59H,6,13,18,27-34H2,1-5H3,(H,54,62)(H,56,60)/b49-45-/t43-,46+,50+/m1/s1. The molecule has 0 spiro atoms. The molecule has 4 amide bonds. The number of carbonyl (C=O) groups excluding carboxylic acids is 4. The molecule has 2 heterocycles. The number of aromatic nitrogens is 1. The van der Waals surface area contributed by atoms with Crippen LogP contribution < -0.4 is 15.4 Å². The molecule has 1 aliphatic rings. The van der Waals surface area contributed by atoms with Crippen LogP contribution >= 0.6 is 11.3 Å². The van der Waals surface area contributed by atoms with Crippen molar-refractivity contribution in [3.05, 3.63) is 143 Å². The number of hydrogen-bond donors (Lipinski definition) is 3. The summed E-state index contributed by atoms with van der Waals surface area (Å²) in [5, 5.41) is 16.3. The Kier molecular flexibility index (Phi) is 18.2. The highest BCUT2D eigenvalue weighted by Gasteiger charge is 2.42. The molecule has 3 N–H and O–H groups in total. The number of thiazole rings is 1. The van der Waals surface area contributed by atoms with Crippen LogP contribution in [0, 0.1) is 12.8 Å². The van der Waals surface area contributed by atoms with Gasteiger partial charge in [0.15, 0.2) is 0 Å². The summed E-state index contributed by atoms with van der Waals surface area (Å²) in [6.45, 7) is 9.24. The highest BCUT2D eigenvalue weighted by molar-refractivity contribution is 7.13. The van der Waals surface area contributed by atoms with E-state index in [0.29, 0.717) is 26.2 Å². The maximum Gasteiger partial charge on any atom is 0.246 e. The summed E-state index contributed by atoms with van der Waals surface area (Å²) in [5.74, 6) is -0.717. The molecule has 1 aromatic heterocycles. The number of allylic oxidation sites excluding steroid dienone is 1. The van der Waals surface area contributed by atoms with E-state index < -0.39 is 24.1 Å². The molecule has 1 saturated heterocycles. The Morgan fingerprint density at radius 3 is 2.17 bits per heavy atom. The van der Waals surface area contributed by atoms with Crippen LogP contribution in [-0.4, -0.2) is 102 Å². The number of aliphatic hydroxyl groups excluding tert-OH is 1. The molecular formula is C53H63N5O7S. The second-order valence-corrected chi connectivity index (χ2v) is 17.8. The van der Waals surface area contributed by atoms with E-state index in [9.17, 15) is 24.3 Å². The number of aliphatic hydroxyl groups is 1. The lowest BCUT2D eigenvalue weighted by atomic mass is 9.88. The fourth-order valence-electron chi connectivity index (χ4n) is 8.11. The van der Waals surface area contributed by atoms with Gasteiger partial charge in [0.25, 0.3) is 0 Å². The van der Waals surface area contributed by atoms with Crippen molar-refractivity contribution in [3.8, 4) is 16.2 Å². The van der Waals surface area contributed by atoms with Gasteiger partial charge in [-0.25, -0.2) is 4.98 Å². The predicted molar refractivity (Wildman–Crippen MR) is 260 cm³/mol. The molecule has 348 valence electrons. The lowest BCUT2D eigenvalue weighted by Gasteiger charge is -2.30. The van der Waals surface area contributed by atoms with E-state index in [1.54, 1.807) is 23.3 Å². The number of nitrogens with one attached hydrogen (secondary N) is 2. The smallest absolute Gasteiger partial charge is 0.246 e. The number of benzene rings is 4. The van der Waals surface area contributed by atoms with Gasteiger partial charge in [-0.05, 0) is 76.8 Å². The number of nitrogens with zero attached hydrogens (tertiary/aromatic N) is 3. The van der Waals surface area contributed by atoms with E-state index >= 15 is 0 Å². The van der Waals surface area contributed by atoms with Crippen LogP contribution in [0.25, 0.3) is 21.6 Å². The molecule has 0 bridgehead atoms. The molecule has 0 aliphatic carbocycles. The zero-order chi connectivity index (χ0) is 47.0. The number of β-amino-alcohol motifs (C(OH)–C–C–N with tert-alkyl or cyclic N) is 1. The van der Waals surface area contributed by atoms with Crippen LogP contribution in [-0.2, 0) is 30.5 Å². The van der Waals surface area contributed by atoms with E-state index in [1.807, 2.05) is 74.8 Å². The van der Waals surface area contributed by atoms with E-state index in [2.05, 4.69) is 83.2 Å². The Bertz CT molecular complexity index is 2390. The van der Waals surface area contributed by atoms with Gasteiger partial charge in [-0.3, -0.25) is 19.2 Å². The molecule has 4 aromatic carbocycles. The molecule has 12 nitrogen and oxygen atoms in total. The minimum Gasteiger partial charge on any atom is -0.492 e. The minimum atomic E-state index is -0.888. The molecule has 6 rings (SSSR count). The van der Waals surface area contributed by atoms with E-state index in [0.717, 1.165) is 45.0 Å². The Labute approximate surface area is 393 Å². The number of hydrogen-bond acceptors (Lipinski definition) is 9. The van der Waals surface area contributed by atoms with Gasteiger partial charge in [0.2, 0.25) is 23.6 Å². The summed E-state index contributed by atoms with van der Waals surface area (Å²) in [5.41, 5.74) is 10.6. The topological polar surface area (TPSA) is 150 Å². The fraction of sp³-hybridized carbons (Fsp3) is 0.377. The van der Waals surface area contributed by atoms with Crippen molar-refractivity contribution in [2.24, 2.45) is 5.92 Å². The molecular weight excluding hydrogens is 851 g/mol. The monoisotopic (exact) mass is 913 g/mol. The number of amides is 4. The lowest BCUT2D eigenvalue weighted by molar-refractivity contribution is -0.142. The normalized spacial score (nSPS) is 15.5. The van der Waals surface area contributed by atoms with E-state index in [4.69, 9.17) is 9.47 Å². The van der Waals surface area contributed by atoms with Gasteiger partial charge in [-0.1, -0.05) is 118 Å². The van der Waals surface area contributed by atoms with Crippen molar-refractivity contribution in [3.63, 3.8) is 0 Å². The summed E-state index contributed by atoms with van der Waals surface area (Å²) in [6, 6.07) is 35.1. The van der Waals surface area contributed by atoms with Gasteiger partial charge < -0.3 is 35.0 Å². The average Bonchev–Trinajstić information content (AvgIpc) is 3.95. The Morgan fingerprint density at radius 1 is 0.864 bits per heavy atom.